The first-order valence-corrected chi connectivity index (χ1v) is 8.53. The zero-order valence-corrected chi connectivity index (χ0v) is 13.6. The van der Waals surface area contributed by atoms with Crippen molar-refractivity contribution in [2.75, 3.05) is 18.0 Å². The number of piperidine rings is 1. The SMILES string of the molecule is Cc1ccc(CC(=O)N[C@@H]2CCCN(c3ccccn3)C2)s1. The first kappa shape index (κ1) is 15.0. The maximum atomic E-state index is 12.2. The molecule has 3 heterocycles. The minimum absolute atomic E-state index is 0.120. The van der Waals surface area contributed by atoms with Crippen LogP contribution in [0.1, 0.15) is 22.6 Å². The third kappa shape index (κ3) is 3.85. The summed E-state index contributed by atoms with van der Waals surface area (Å²) in [6.45, 7) is 3.91. The van der Waals surface area contributed by atoms with E-state index in [1.807, 2.05) is 30.5 Å². The first-order chi connectivity index (χ1) is 10.7. The van der Waals surface area contributed by atoms with E-state index in [1.54, 1.807) is 11.3 Å². The molecule has 0 saturated carbocycles. The van der Waals surface area contributed by atoms with Crippen molar-refractivity contribution in [3.8, 4) is 0 Å². The van der Waals surface area contributed by atoms with Crippen molar-refractivity contribution in [1.29, 1.82) is 0 Å². The molecule has 0 aliphatic carbocycles. The molecule has 2 aromatic rings. The Kier molecular flexibility index (Phi) is 4.73. The Labute approximate surface area is 135 Å². The summed E-state index contributed by atoms with van der Waals surface area (Å²) in [6.07, 6.45) is 4.42. The van der Waals surface area contributed by atoms with Gasteiger partial charge < -0.3 is 10.2 Å². The number of hydrogen-bond acceptors (Lipinski definition) is 4. The Balaban J connectivity index is 1.55. The zero-order valence-electron chi connectivity index (χ0n) is 12.8. The van der Waals surface area contributed by atoms with Gasteiger partial charge >= 0.3 is 0 Å². The Hall–Kier alpha value is -1.88. The Morgan fingerprint density at radius 2 is 2.32 bits per heavy atom. The Bertz CT molecular complexity index is 626. The lowest BCUT2D eigenvalue weighted by Crippen LogP contribution is -2.48. The van der Waals surface area contributed by atoms with Crippen molar-refractivity contribution in [3.05, 3.63) is 46.3 Å². The van der Waals surface area contributed by atoms with Crippen LogP contribution in [0.5, 0.6) is 0 Å². The van der Waals surface area contributed by atoms with Crippen LogP contribution in [0.4, 0.5) is 5.82 Å². The quantitative estimate of drug-likeness (QED) is 0.943. The standard InChI is InChI=1S/C17H21N3OS/c1-13-7-8-15(22-13)11-17(21)19-14-5-4-10-20(12-14)16-6-2-3-9-18-16/h2-3,6-9,14H,4-5,10-12H2,1H3,(H,19,21)/t14-/m1/s1. The van der Waals surface area contributed by atoms with E-state index in [4.69, 9.17) is 0 Å². The summed E-state index contributed by atoms with van der Waals surface area (Å²) >= 11 is 1.69. The molecular formula is C17H21N3OS. The Morgan fingerprint density at radius 3 is 3.05 bits per heavy atom. The number of carbonyl (C=O) groups is 1. The Morgan fingerprint density at radius 1 is 1.41 bits per heavy atom. The fraction of sp³-hybridized carbons (Fsp3) is 0.412. The van der Waals surface area contributed by atoms with Gasteiger partial charge in [-0.2, -0.15) is 0 Å². The molecule has 0 spiro atoms. The zero-order chi connectivity index (χ0) is 15.4. The van der Waals surface area contributed by atoms with Crippen LogP contribution >= 0.6 is 11.3 Å². The van der Waals surface area contributed by atoms with E-state index in [0.717, 1.165) is 36.6 Å². The normalized spacial score (nSPS) is 18.2. The summed E-state index contributed by atoms with van der Waals surface area (Å²) in [5.74, 6) is 1.12. The van der Waals surface area contributed by atoms with Gasteiger partial charge in [0, 0.05) is 35.1 Å². The van der Waals surface area contributed by atoms with Crippen LogP contribution in [0.15, 0.2) is 36.5 Å². The highest BCUT2D eigenvalue weighted by Crippen LogP contribution is 2.18. The van der Waals surface area contributed by atoms with Crippen molar-refractivity contribution in [2.45, 2.75) is 32.2 Å². The summed E-state index contributed by atoms with van der Waals surface area (Å²) < 4.78 is 0. The highest BCUT2D eigenvalue weighted by atomic mass is 32.1. The van der Waals surface area contributed by atoms with Crippen molar-refractivity contribution in [1.82, 2.24) is 10.3 Å². The molecule has 1 saturated heterocycles. The maximum absolute atomic E-state index is 12.2. The van der Waals surface area contributed by atoms with Gasteiger partial charge in [-0.25, -0.2) is 4.98 Å². The molecule has 1 atom stereocenters. The van der Waals surface area contributed by atoms with E-state index >= 15 is 0 Å². The van der Waals surface area contributed by atoms with E-state index in [2.05, 4.69) is 28.2 Å². The van der Waals surface area contributed by atoms with Crippen LogP contribution < -0.4 is 10.2 Å². The number of nitrogens with one attached hydrogen (secondary N) is 1. The lowest BCUT2D eigenvalue weighted by Gasteiger charge is -2.33. The summed E-state index contributed by atoms with van der Waals surface area (Å²) in [7, 11) is 0. The molecule has 1 amide bonds. The highest BCUT2D eigenvalue weighted by molar-refractivity contribution is 7.12. The molecule has 2 aromatic heterocycles. The minimum atomic E-state index is 0.120. The maximum Gasteiger partial charge on any atom is 0.225 e. The molecule has 116 valence electrons. The van der Waals surface area contributed by atoms with Gasteiger partial charge in [0.2, 0.25) is 5.91 Å². The molecule has 1 aliphatic rings. The van der Waals surface area contributed by atoms with Gasteiger partial charge in [-0.1, -0.05) is 6.07 Å². The summed E-state index contributed by atoms with van der Waals surface area (Å²) in [5.41, 5.74) is 0. The fourth-order valence-electron chi connectivity index (χ4n) is 2.86. The second-order valence-electron chi connectivity index (χ2n) is 5.73. The molecule has 0 aromatic carbocycles. The van der Waals surface area contributed by atoms with Crippen LogP contribution in [-0.2, 0) is 11.2 Å². The van der Waals surface area contributed by atoms with E-state index in [0.29, 0.717) is 6.42 Å². The van der Waals surface area contributed by atoms with Gasteiger partial charge in [-0.3, -0.25) is 4.79 Å². The van der Waals surface area contributed by atoms with E-state index in [-0.39, 0.29) is 11.9 Å². The molecule has 0 bridgehead atoms. The molecule has 22 heavy (non-hydrogen) atoms. The predicted octanol–water partition coefficient (Wildman–Crippen LogP) is 2.78. The average molecular weight is 315 g/mol. The first-order valence-electron chi connectivity index (χ1n) is 7.71. The molecule has 1 N–H and O–H groups in total. The van der Waals surface area contributed by atoms with Gasteiger partial charge in [-0.05, 0) is 44.0 Å². The smallest absolute Gasteiger partial charge is 0.225 e. The van der Waals surface area contributed by atoms with Crippen LogP contribution in [-0.4, -0.2) is 30.0 Å². The molecule has 5 heteroatoms. The molecule has 0 radical (unpaired) electrons. The van der Waals surface area contributed by atoms with E-state index in [9.17, 15) is 4.79 Å². The van der Waals surface area contributed by atoms with Crippen LogP contribution in [0, 0.1) is 6.92 Å². The second kappa shape index (κ2) is 6.92. The van der Waals surface area contributed by atoms with Gasteiger partial charge in [0.05, 0.1) is 6.42 Å². The lowest BCUT2D eigenvalue weighted by molar-refractivity contribution is -0.121. The van der Waals surface area contributed by atoms with Crippen LogP contribution in [0.3, 0.4) is 0 Å². The molecule has 4 nitrogen and oxygen atoms in total. The predicted molar refractivity (Wildman–Crippen MR) is 90.4 cm³/mol. The topological polar surface area (TPSA) is 45.2 Å². The number of rotatable bonds is 4. The number of nitrogens with zero attached hydrogens (tertiary/aromatic N) is 2. The van der Waals surface area contributed by atoms with Gasteiger partial charge in [0.25, 0.3) is 0 Å². The second-order valence-corrected chi connectivity index (χ2v) is 7.10. The van der Waals surface area contributed by atoms with E-state index in [1.165, 1.54) is 4.88 Å². The number of carbonyl (C=O) groups excluding carboxylic acids is 1. The van der Waals surface area contributed by atoms with E-state index < -0.39 is 0 Å². The third-order valence-corrected chi connectivity index (χ3v) is 4.89. The van der Waals surface area contributed by atoms with Crippen molar-refractivity contribution >= 4 is 23.1 Å². The molecule has 0 unspecified atom stereocenters. The number of thiophene rings is 1. The largest absolute Gasteiger partial charge is 0.355 e. The highest BCUT2D eigenvalue weighted by Gasteiger charge is 2.22. The molecular weight excluding hydrogens is 294 g/mol. The number of amides is 1. The molecule has 1 fully saturated rings. The van der Waals surface area contributed by atoms with Crippen molar-refractivity contribution in [2.24, 2.45) is 0 Å². The number of anilines is 1. The average Bonchev–Trinajstić information content (AvgIpc) is 2.93. The number of hydrogen-bond donors (Lipinski definition) is 1. The molecule has 1 aliphatic heterocycles. The minimum Gasteiger partial charge on any atom is -0.355 e. The third-order valence-electron chi connectivity index (χ3n) is 3.89. The number of aromatic nitrogens is 1. The van der Waals surface area contributed by atoms with Gasteiger partial charge in [-0.15, -0.1) is 11.3 Å². The van der Waals surface area contributed by atoms with Gasteiger partial charge in [0.1, 0.15) is 5.82 Å². The van der Waals surface area contributed by atoms with Crippen molar-refractivity contribution < 1.29 is 4.79 Å². The molecule has 3 rings (SSSR count). The number of pyridine rings is 1. The fourth-order valence-corrected chi connectivity index (χ4v) is 3.75. The van der Waals surface area contributed by atoms with Gasteiger partial charge in [0.15, 0.2) is 0 Å². The summed E-state index contributed by atoms with van der Waals surface area (Å²) in [4.78, 5) is 21.2. The van der Waals surface area contributed by atoms with Crippen LogP contribution in [0.2, 0.25) is 0 Å². The summed E-state index contributed by atoms with van der Waals surface area (Å²) in [5, 5.41) is 3.17. The van der Waals surface area contributed by atoms with Crippen LogP contribution in [0.25, 0.3) is 0 Å². The van der Waals surface area contributed by atoms with Crippen molar-refractivity contribution in [3.63, 3.8) is 0 Å². The summed E-state index contributed by atoms with van der Waals surface area (Å²) in [6, 6.07) is 10.3. The monoisotopic (exact) mass is 315 g/mol. The number of aryl methyl sites for hydroxylation is 1. The lowest BCUT2D eigenvalue weighted by atomic mass is 10.1.